The number of benzene rings is 1. The Kier molecular flexibility index (Phi) is 4.11. The minimum Gasteiger partial charge on any atom is -0.496 e. The zero-order valence-electron chi connectivity index (χ0n) is 12.4. The fourth-order valence-electron chi connectivity index (χ4n) is 2.65. The second-order valence-electron chi connectivity index (χ2n) is 5.16. The molecule has 6 heteroatoms. The molecule has 2 heterocycles. The predicted molar refractivity (Wildman–Crippen MR) is 82.2 cm³/mol. The lowest BCUT2D eigenvalue weighted by Crippen LogP contribution is -2.43. The number of ether oxygens (including phenoxy) is 2. The summed E-state index contributed by atoms with van der Waals surface area (Å²) in [5.41, 5.74) is -0.182. The molecule has 0 radical (unpaired) electrons. The van der Waals surface area contributed by atoms with E-state index in [1.807, 2.05) is 12.1 Å². The van der Waals surface area contributed by atoms with Crippen LogP contribution in [-0.2, 0) is 16.1 Å². The fraction of sp³-hybridized carbons (Fsp3) is 0.375. The first-order valence-corrected chi connectivity index (χ1v) is 7.22. The number of aromatic nitrogens is 1. The summed E-state index contributed by atoms with van der Waals surface area (Å²) < 4.78 is 11.9. The summed E-state index contributed by atoms with van der Waals surface area (Å²) in [6, 6.07) is 7.14. The number of methoxy groups -OCH3 is 1. The number of rotatable bonds is 3. The number of carbonyl (C=O) groups excluding carboxylic acids is 1. The maximum atomic E-state index is 12.5. The first-order valence-electron chi connectivity index (χ1n) is 7.22. The second kappa shape index (κ2) is 6.19. The smallest absolute Gasteiger partial charge is 0.259 e. The van der Waals surface area contributed by atoms with Gasteiger partial charge in [-0.25, -0.2) is 0 Å². The third-order valence-corrected chi connectivity index (χ3v) is 3.87. The van der Waals surface area contributed by atoms with Gasteiger partial charge in [-0.1, -0.05) is 6.07 Å². The zero-order chi connectivity index (χ0) is 15.5. The van der Waals surface area contributed by atoms with Crippen LogP contribution in [0.15, 0.2) is 35.3 Å². The van der Waals surface area contributed by atoms with Crippen LogP contribution in [0.5, 0.6) is 5.75 Å². The molecule has 1 aromatic heterocycles. The van der Waals surface area contributed by atoms with Crippen molar-refractivity contribution in [3.8, 4) is 5.75 Å². The van der Waals surface area contributed by atoms with E-state index in [1.165, 1.54) is 4.57 Å². The molecular weight excluding hydrogens is 284 g/mol. The van der Waals surface area contributed by atoms with Crippen molar-refractivity contribution in [3.05, 3.63) is 40.8 Å². The molecule has 0 aliphatic carbocycles. The van der Waals surface area contributed by atoms with Gasteiger partial charge in [0.05, 0.1) is 25.7 Å². The Hall–Kier alpha value is -2.34. The lowest BCUT2D eigenvalue weighted by atomic mass is 10.1. The number of hydrogen-bond acceptors (Lipinski definition) is 4. The number of pyridine rings is 1. The highest BCUT2D eigenvalue weighted by atomic mass is 16.5. The highest BCUT2D eigenvalue weighted by Crippen LogP contribution is 2.22. The Morgan fingerprint density at radius 1 is 1.23 bits per heavy atom. The Morgan fingerprint density at radius 2 is 2.00 bits per heavy atom. The largest absolute Gasteiger partial charge is 0.496 e. The number of fused-ring (bicyclic) bond motifs is 1. The average Bonchev–Trinajstić information content (AvgIpc) is 2.57. The van der Waals surface area contributed by atoms with Crippen molar-refractivity contribution in [2.75, 3.05) is 33.4 Å². The molecule has 0 N–H and O–H groups in total. The molecule has 1 aliphatic rings. The predicted octanol–water partition coefficient (Wildman–Crippen LogP) is 0.869. The SMILES string of the molecule is COc1cccc2c(=O)n(CC(=O)N3CCOCC3)ccc12. The molecule has 1 amide bonds. The van der Waals surface area contributed by atoms with E-state index in [4.69, 9.17) is 9.47 Å². The van der Waals surface area contributed by atoms with Gasteiger partial charge in [0.2, 0.25) is 5.91 Å². The number of hydrogen-bond donors (Lipinski definition) is 0. The maximum absolute atomic E-state index is 12.5. The minimum absolute atomic E-state index is 0.0476. The summed E-state index contributed by atoms with van der Waals surface area (Å²) in [4.78, 5) is 26.5. The molecule has 116 valence electrons. The zero-order valence-corrected chi connectivity index (χ0v) is 12.4. The van der Waals surface area contributed by atoms with Gasteiger partial charge in [0.1, 0.15) is 12.3 Å². The topological polar surface area (TPSA) is 60.8 Å². The first kappa shape index (κ1) is 14.6. The molecule has 6 nitrogen and oxygen atoms in total. The number of morpholine rings is 1. The minimum atomic E-state index is -0.182. The fourth-order valence-corrected chi connectivity index (χ4v) is 2.65. The molecule has 0 saturated carbocycles. The Morgan fingerprint density at radius 3 is 2.73 bits per heavy atom. The van der Waals surface area contributed by atoms with E-state index < -0.39 is 0 Å². The molecule has 1 aliphatic heterocycles. The number of carbonyl (C=O) groups is 1. The Balaban J connectivity index is 1.90. The molecule has 1 aromatic carbocycles. The summed E-state index contributed by atoms with van der Waals surface area (Å²) in [5, 5.41) is 1.31. The van der Waals surface area contributed by atoms with Crippen LogP contribution in [0.4, 0.5) is 0 Å². The van der Waals surface area contributed by atoms with Gasteiger partial charge in [0, 0.05) is 24.7 Å². The van der Waals surface area contributed by atoms with Gasteiger partial charge in [-0.2, -0.15) is 0 Å². The van der Waals surface area contributed by atoms with Crippen molar-refractivity contribution >= 4 is 16.7 Å². The molecular formula is C16H18N2O4. The summed E-state index contributed by atoms with van der Waals surface area (Å²) in [6.07, 6.45) is 1.64. The van der Waals surface area contributed by atoms with Crippen LogP contribution in [0, 0.1) is 0 Å². The van der Waals surface area contributed by atoms with Gasteiger partial charge >= 0.3 is 0 Å². The lowest BCUT2D eigenvalue weighted by molar-refractivity contribution is -0.135. The van der Waals surface area contributed by atoms with E-state index in [0.29, 0.717) is 37.4 Å². The highest BCUT2D eigenvalue weighted by molar-refractivity contribution is 5.87. The first-order chi connectivity index (χ1) is 10.7. The Labute approximate surface area is 127 Å². The Bertz CT molecular complexity index is 747. The summed E-state index contributed by atoms with van der Waals surface area (Å²) in [5.74, 6) is 0.592. The maximum Gasteiger partial charge on any atom is 0.259 e. The van der Waals surface area contributed by atoms with Crippen molar-refractivity contribution in [3.63, 3.8) is 0 Å². The van der Waals surface area contributed by atoms with E-state index >= 15 is 0 Å². The average molecular weight is 302 g/mol. The molecule has 0 spiro atoms. The molecule has 1 fully saturated rings. The number of amides is 1. The molecule has 0 atom stereocenters. The van der Waals surface area contributed by atoms with Gasteiger partial charge < -0.3 is 18.9 Å². The van der Waals surface area contributed by atoms with Crippen LogP contribution in [0.3, 0.4) is 0 Å². The van der Waals surface area contributed by atoms with Crippen LogP contribution in [-0.4, -0.2) is 48.8 Å². The van der Waals surface area contributed by atoms with Crippen LogP contribution in [0.1, 0.15) is 0 Å². The molecule has 2 aromatic rings. The van der Waals surface area contributed by atoms with Crippen molar-refractivity contribution in [2.45, 2.75) is 6.54 Å². The summed E-state index contributed by atoms with van der Waals surface area (Å²) >= 11 is 0. The normalized spacial score (nSPS) is 15.0. The number of nitrogens with zero attached hydrogens (tertiary/aromatic N) is 2. The third kappa shape index (κ3) is 2.69. The van der Waals surface area contributed by atoms with Gasteiger partial charge in [-0.15, -0.1) is 0 Å². The van der Waals surface area contributed by atoms with E-state index in [2.05, 4.69) is 0 Å². The van der Waals surface area contributed by atoms with Gasteiger partial charge in [0.15, 0.2) is 0 Å². The van der Waals surface area contributed by atoms with E-state index in [0.717, 1.165) is 5.39 Å². The van der Waals surface area contributed by atoms with Gasteiger partial charge in [0.25, 0.3) is 5.56 Å². The molecule has 22 heavy (non-hydrogen) atoms. The van der Waals surface area contributed by atoms with Crippen LogP contribution in [0.25, 0.3) is 10.8 Å². The van der Waals surface area contributed by atoms with E-state index in [1.54, 1.807) is 30.3 Å². The van der Waals surface area contributed by atoms with Crippen molar-refractivity contribution < 1.29 is 14.3 Å². The van der Waals surface area contributed by atoms with Crippen LogP contribution in [0.2, 0.25) is 0 Å². The van der Waals surface area contributed by atoms with Crippen LogP contribution < -0.4 is 10.3 Å². The van der Waals surface area contributed by atoms with Gasteiger partial charge in [-0.3, -0.25) is 9.59 Å². The summed E-state index contributed by atoms with van der Waals surface area (Å²) in [7, 11) is 1.57. The third-order valence-electron chi connectivity index (χ3n) is 3.87. The molecule has 3 rings (SSSR count). The molecule has 1 saturated heterocycles. The highest BCUT2D eigenvalue weighted by Gasteiger charge is 2.18. The molecule has 0 unspecified atom stereocenters. The quantitative estimate of drug-likeness (QED) is 0.844. The second-order valence-corrected chi connectivity index (χ2v) is 5.16. The molecule has 0 bridgehead atoms. The van der Waals surface area contributed by atoms with Gasteiger partial charge in [-0.05, 0) is 18.2 Å². The van der Waals surface area contributed by atoms with Crippen LogP contribution >= 0.6 is 0 Å². The van der Waals surface area contributed by atoms with E-state index in [-0.39, 0.29) is 18.0 Å². The van der Waals surface area contributed by atoms with Crippen molar-refractivity contribution in [1.82, 2.24) is 9.47 Å². The van der Waals surface area contributed by atoms with E-state index in [9.17, 15) is 9.59 Å². The standard InChI is InChI=1S/C16H18N2O4/c1-21-14-4-2-3-13-12(14)5-6-18(16(13)20)11-15(19)17-7-9-22-10-8-17/h2-6H,7-11H2,1H3. The van der Waals surface area contributed by atoms with Crippen molar-refractivity contribution in [1.29, 1.82) is 0 Å². The summed E-state index contributed by atoms with van der Waals surface area (Å²) in [6.45, 7) is 2.31. The van der Waals surface area contributed by atoms with Crippen molar-refractivity contribution in [2.24, 2.45) is 0 Å². The lowest BCUT2D eigenvalue weighted by Gasteiger charge is -2.27. The monoisotopic (exact) mass is 302 g/mol.